The third-order valence-corrected chi connectivity index (χ3v) is 5.10. The number of anilines is 1. The number of nitro groups is 1. The van der Waals surface area contributed by atoms with Gasteiger partial charge in [-0.05, 0) is 42.5 Å². The van der Waals surface area contributed by atoms with E-state index in [1.54, 1.807) is 0 Å². The molecule has 0 aliphatic heterocycles. The van der Waals surface area contributed by atoms with Crippen molar-refractivity contribution in [2.75, 3.05) is 5.32 Å². The van der Waals surface area contributed by atoms with Crippen LogP contribution < -0.4 is 10.5 Å². The largest absolute Gasteiger partial charge is 0.373 e. The molecule has 0 saturated carbocycles. The zero-order valence-electron chi connectivity index (χ0n) is 12.8. The molecule has 0 fully saturated rings. The Morgan fingerprint density at radius 2 is 1.96 bits per heavy atom. The number of nitrogens with two attached hydrogens (primary N) is 1. The summed E-state index contributed by atoms with van der Waals surface area (Å²) < 4.78 is 22.8. The lowest BCUT2D eigenvalue weighted by molar-refractivity contribution is -0.384. The van der Waals surface area contributed by atoms with Crippen molar-refractivity contribution in [3.8, 4) is 0 Å². The normalized spacial score (nSPS) is 17.1. The van der Waals surface area contributed by atoms with Gasteiger partial charge >= 0.3 is 0 Å². The van der Waals surface area contributed by atoms with Gasteiger partial charge in [0.2, 0.25) is 10.0 Å². The minimum absolute atomic E-state index is 0.0472. The minimum Gasteiger partial charge on any atom is -0.373 e. The van der Waals surface area contributed by atoms with Crippen LogP contribution in [0.25, 0.3) is 0 Å². The van der Waals surface area contributed by atoms with Crippen LogP contribution in [0, 0.1) is 10.1 Å². The third kappa shape index (κ3) is 3.24. The Labute approximate surface area is 139 Å². The van der Waals surface area contributed by atoms with Gasteiger partial charge in [-0.15, -0.1) is 0 Å². The van der Waals surface area contributed by atoms with Crippen molar-refractivity contribution in [2.45, 2.75) is 30.2 Å². The van der Waals surface area contributed by atoms with Crippen molar-refractivity contribution < 1.29 is 13.3 Å². The zero-order valence-corrected chi connectivity index (χ0v) is 13.6. The summed E-state index contributed by atoms with van der Waals surface area (Å²) in [5.74, 6) is 0. The van der Waals surface area contributed by atoms with Crippen molar-refractivity contribution in [3.63, 3.8) is 0 Å². The Balaban J connectivity index is 1.98. The lowest BCUT2D eigenvalue weighted by atomic mass is 9.87. The first-order valence-corrected chi connectivity index (χ1v) is 9.06. The van der Waals surface area contributed by atoms with Crippen LogP contribution in [0.1, 0.15) is 30.0 Å². The van der Waals surface area contributed by atoms with Gasteiger partial charge in [0.25, 0.3) is 5.69 Å². The van der Waals surface area contributed by atoms with E-state index in [1.165, 1.54) is 17.7 Å². The van der Waals surface area contributed by atoms with Crippen LogP contribution in [0.5, 0.6) is 0 Å². The summed E-state index contributed by atoms with van der Waals surface area (Å²) in [6, 6.07) is 11.6. The number of aryl methyl sites for hydroxylation is 1. The quantitative estimate of drug-likeness (QED) is 0.652. The number of primary sulfonamides is 1. The third-order valence-electron chi connectivity index (χ3n) is 4.19. The number of hydrogen-bond donors (Lipinski definition) is 2. The molecule has 0 bridgehead atoms. The standard InChI is InChI=1S/C16H17N3O4S/c17-24(22,23)12-8-9-15(16(10-12)19(20)21)18-14-7-3-5-11-4-1-2-6-13(11)14/h1-2,4,6,8-10,14,18H,3,5,7H2,(H2,17,22,23)/t14-/m1/s1. The fourth-order valence-corrected chi connectivity index (χ4v) is 3.59. The SMILES string of the molecule is NS(=O)(=O)c1ccc(N[C@@H]2CCCc3ccccc32)c([N+](=O)[O-])c1. The molecule has 7 nitrogen and oxygen atoms in total. The fraction of sp³-hybridized carbons (Fsp3) is 0.250. The monoisotopic (exact) mass is 347 g/mol. The highest BCUT2D eigenvalue weighted by Crippen LogP contribution is 2.35. The highest BCUT2D eigenvalue weighted by Gasteiger charge is 2.24. The van der Waals surface area contributed by atoms with E-state index in [-0.39, 0.29) is 22.3 Å². The first-order chi connectivity index (χ1) is 11.4. The first kappa shape index (κ1) is 16.4. The molecule has 1 aliphatic rings. The highest BCUT2D eigenvalue weighted by molar-refractivity contribution is 7.89. The summed E-state index contributed by atoms with van der Waals surface area (Å²) in [5.41, 5.74) is 2.33. The second kappa shape index (κ2) is 6.21. The molecule has 0 unspecified atom stereocenters. The molecule has 24 heavy (non-hydrogen) atoms. The average molecular weight is 347 g/mol. The van der Waals surface area contributed by atoms with E-state index < -0.39 is 14.9 Å². The molecule has 8 heteroatoms. The minimum atomic E-state index is -3.99. The van der Waals surface area contributed by atoms with Crippen LogP contribution in [0.3, 0.4) is 0 Å². The Morgan fingerprint density at radius 3 is 2.67 bits per heavy atom. The molecule has 2 aromatic carbocycles. The van der Waals surface area contributed by atoms with E-state index in [2.05, 4.69) is 11.4 Å². The van der Waals surface area contributed by atoms with Gasteiger partial charge < -0.3 is 5.32 Å². The maximum absolute atomic E-state index is 11.4. The Morgan fingerprint density at radius 1 is 1.21 bits per heavy atom. The lowest BCUT2D eigenvalue weighted by Crippen LogP contribution is -2.18. The molecule has 0 radical (unpaired) electrons. The Bertz CT molecular complexity index is 896. The predicted octanol–water partition coefficient (Wildman–Crippen LogP) is 2.73. The number of benzene rings is 2. The molecular formula is C16H17N3O4S. The summed E-state index contributed by atoms with van der Waals surface area (Å²) in [5, 5.41) is 19.6. The van der Waals surface area contributed by atoms with Crippen molar-refractivity contribution in [1.82, 2.24) is 0 Å². The summed E-state index contributed by atoms with van der Waals surface area (Å²) in [7, 11) is -3.99. The fourth-order valence-electron chi connectivity index (χ4n) is 3.05. The highest BCUT2D eigenvalue weighted by atomic mass is 32.2. The van der Waals surface area contributed by atoms with E-state index in [9.17, 15) is 18.5 Å². The van der Waals surface area contributed by atoms with Gasteiger partial charge in [-0.3, -0.25) is 10.1 Å². The summed E-state index contributed by atoms with van der Waals surface area (Å²) in [6.45, 7) is 0. The first-order valence-electron chi connectivity index (χ1n) is 7.52. The van der Waals surface area contributed by atoms with E-state index in [0.29, 0.717) is 0 Å². The topological polar surface area (TPSA) is 115 Å². The van der Waals surface area contributed by atoms with Crippen molar-refractivity contribution in [1.29, 1.82) is 0 Å². The smallest absolute Gasteiger partial charge is 0.293 e. The van der Waals surface area contributed by atoms with Crippen LogP contribution in [-0.4, -0.2) is 13.3 Å². The molecule has 1 atom stereocenters. The number of nitrogens with one attached hydrogen (secondary N) is 1. The van der Waals surface area contributed by atoms with Crippen molar-refractivity contribution in [3.05, 3.63) is 63.7 Å². The molecule has 0 heterocycles. The van der Waals surface area contributed by atoms with Gasteiger partial charge in [0.15, 0.2) is 0 Å². The van der Waals surface area contributed by atoms with Gasteiger partial charge in [0, 0.05) is 6.07 Å². The van der Waals surface area contributed by atoms with E-state index in [1.807, 2.05) is 18.2 Å². The molecule has 0 saturated heterocycles. The van der Waals surface area contributed by atoms with E-state index >= 15 is 0 Å². The zero-order chi connectivity index (χ0) is 17.3. The number of sulfonamides is 1. The molecule has 0 spiro atoms. The van der Waals surface area contributed by atoms with Crippen LogP contribution >= 0.6 is 0 Å². The van der Waals surface area contributed by atoms with Crippen molar-refractivity contribution >= 4 is 21.4 Å². The van der Waals surface area contributed by atoms with Crippen LogP contribution in [0.15, 0.2) is 47.4 Å². The maximum Gasteiger partial charge on any atom is 0.293 e. The number of hydrogen-bond acceptors (Lipinski definition) is 5. The Kier molecular flexibility index (Phi) is 4.25. The maximum atomic E-state index is 11.4. The molecule has 3 N–H and O–H groups in total. The second-order valence-corrected chi connectivity index (χ2v) is 7.33. The van der Waals surface area contributed by atoms with E-state index in [0.717, 1.165) is 30.9 Å². The molecule has 126 valence electrons. The van der Waals surface area contributed by atoms with Gasteiger partial charge in [-0.25, -0.2) is 13.6 Å². The van der Waals surface area contributed by atoms with Crippen LogP contribution in [0.2, 0.25) is 0 Å². The second-order valence-electron chi connectivity index (χ2n) is 5.77. The summed E-state index contributed by atoms with van der Waals surface area (Å²) >= 11 is 0. The molecule has 0 amide bonds. The van der Waals surface area contributed by atoms with Gasteiger partial charge in [0.1, 0.15) is 5.69 Å². The van der Waals surface area contributed by atoms with Crippen LogP contribution in [-0.2, 0) is 16.4 Å². The Hall–Kier alpha value is -2.45. The van der Waals surface area contributed by atoms with Gasteiger partial charge in [-0.1, -0.05) is 24.3 Å². The molecule has 2 aromatic rings. The lowest BCUT2D eigenvalue weighted by Gasteiger charge is -2.27. The van der Waals surface area contributed by atoms with Crippen LogP contribution in [0.4, 0.5) is 11.4 Å². The van der Waals surface area contributed by atoms with Crippen molar-refractivity contribution in [2.24, 2.45) is 5.14 Å². The number of rotatable bonds is 4. The molecule has 3 rings (SSSR count). The molecular weight excluding hydrogens is 330 g/mol. The summed E-state index contributed by atoms with van der Waals surface area (Å²) in [4.78, 5) is 10.4. The number of nitro benzene ring substituents is 1. The average Bonchev–Trinajstić information content (AvgIpc) is 2.54. The summed E-state index contributed by atoms with van der Waals surface area (Å²) in [6.07, 6.45) is 2.82. The van der Waals surface area contributed by atoms with E-state index in [4.69, 9.17) is 5.14 Å². The van der Waals surface area contributed by atoms with Gasteiger partial charge in [0.05, 0.1) is 15.9 Å². The molecule has 1 aliphatic carbocycles. The predicted molar refractivity (Wildman–Crippen MR) is 90.2 cm³/mol. The van der Waals surface area contributed by atoms with Gasteiger partial charge in [-0.2, -0.15) is 0 Å². The number of fused-ring (bicyclic) bond motifs is 1. The number of nitrogens with zero attached hydrogens (tertiary/aromatic N) is 1. The molecule has 0 aromatic heterocycles.